The van der Waals surface area contributed by atoms with Gasteiger partial charge in [-0.15, -0.1) is 0 Å². The summed E-state index contributed by atoms with van der Waals surface area (Å²) in [6.45, 7) is 5.21. The minimum atomic E-state index is -1.05. The third-order valence-electron chi connectivity index (χ3n) is 6.52. The summed E-state index contributed by atoms with van der Waals surface area (Å²) in [4.78, 5) is 42.6. The average Bonchev–Trinajstić information content (AvgIpc) is 3.22. The van der Waals surface area contributed by atoms with E-state index in [1.54, 1.807) is 12.1 Å². The molecule has 4 rings (SSSR count). The Morgan fingerprint density at radius 1 is 0.967 bits per heavy atom. The molecular weight excluding hydrogens is 384 g/mol. The fourth-order valence-corrected chi connectivity index (χ4v) is 4.34. The van der Waals surface area contributed by atoms with Crippen LogP contribution in [0.1, 0.15) is 42.5 Å². The molecule has 162 valence electrons. The molecular formula is C22H30N4O4. The highest BCUT2D eigenvalue weighted by Gasteiger charge is 2.27. The van der Waals surface area contributed by atoms with Gasteiger partial charge in [-0.1, -0.05) is 6.42 Å². The Hall–Kier alpha value is -2.61. The number of anilines is 2. The van der Waals surface area contributed by atoms with Crippen molar-refractivity contribution in [3.05, 3.63) is 23.8 Å². The van der Waals surface area contributed by atoms with Crippen molar-refractivity contribution in [3.8, 4) is 0 Å². The van der Waals surface area contributed by atoms with Crippen molar-refractivity contribution in [2.24, 2.45) is 5.92 Å². The number of rotatable bonds is 6. The van der Waals surface area contributed by atoms with Crippen LogP contribution in [0, 0.1) is 5.92 Å². The Kier molecular flexibility index (Phi) is 6.22. The van der Waals surface area contributed by atoms with Crippen LogP contribution in [-0.4, -0.2) is 78.5 Å². The zero-order chi connectivity index (χ0) is 21.1. The van der Waals surface area contributed by atoms with Crippen LogP contribution in [0.3, 0.4) is 0 Å². The number of aromatic carboxylic acids is 1. The van der Waals surface area contributed by atoms with Gasteiger partial charge in [-0.3, -0.25) is 14.5 Å². The molecule has 0 atom stereocenters. The molecule has 2 aliphatic heterocycles. The van der Waals surface area contributed by atoms with Crippen molar-refractivity contribution in [2.75, 3.05) is 56.0 Å². The summed E-state index contributed by atoms with van der Waals surface area (Å²) in [6.07, 6.45) is 5.00. The van der Waals surface area contributed by atoms with E-state index < -0.39 is 5.97 Å². The molecule has 0 spiro atoms. The average molecular weight is 415 g/mol. The molecule has 30 heavy (non-hydrogen) atoms. The van der Waals surface area contributed by atoms with Gasteiger partial charge in [-0.05, 0) is 43.9 Å². The maximum absolute atomic E-state index is 12.4. The van der Waals surface area contributed by atoms with Crippen LogP contribution in [0.5, 0.6) is 0 Å². The lowest BCUT2D eigenvalue weighted by molar-refractivity contribution is -0.131. The third-order valence-corrected chi connectivity index (χ3v) is 6.52. The molecule has 1 aromatic carbocycles. The van der Waals surface area contributed by atoms with Crippen molar-refractivity contribution in [1.82, 2.24) is 9.80 Å². The smallest absolute Gasteiger partial charge is 0.337 e. The van der Waals surface area contributed by atoms with Gasteiger partial charge in [0.1, 0.15) is 0 Å². The number of benzene rings is 1. The molecule has 2 saturated heterocycles. The number of amides is 2. The number of carboxylic acids is 1. The minimum Gasteiger partial charge on any atom is -0.478 e. The predicted octanol–water partition coefficient (Wildman–Crippen LogP) is 1.87. The van der Waals surface area contributed by atoms with Crippen molar-refractivity contribution < 1.29 is 19.5 Å². The molecule has 0 unspecified atom stereocenters. The van der Waals surface area contributed by atoms with Crippen molar-refractivity contribution in [1.29, 1.82) is 0 Å². The predicted molar refractivity (Wildman–Crippen MR) is 114 cm³/mol. The topological polar surface area (TPSA) is 93.2 Å². The highest BCUT2D eigenvalue weighted by Crippen LogP contribution is 2.30. The number of piperazine rings is 1. The second-order valence-electron chi connectivity index (χ2n) is 8.50. The first-order valence-corrected chi connectivity index (χ1v) is 10.9. The number of carbonyl (C=O) groups excluding carboxylic acids is 2. The summed E-state index contributed by atoms with van der Waals surface area (Å²) in [5.74, 6) is -0.924. The van der Waals surface area contributed by atoms with E-state index in [1.807, 2.05) is 11.0 Å². The van der Waals surface area contributed by atoms with Gasteiger partial charge in [0.15, 0.2) is 0 Å². The number of carbonyl (C=O) groups is 3. The van der Waals surface area contributed by atoms with E-state index in [0.717, 1.165) is 77.1 Å². The Labute approximate surface area is 176 Å². The number of carboxylic acid groups (broad SMARTS) is 1. The Bertz CT molecular complexity index is 809. The third kappa shape index (κ3) is 4.59. The number of hydrogen-bond donors (Lipinski definition) is 2. The fraction of sp³-hybridized carbons (Fsp3) is 0.591. The number of hydrogen-bond acceptors (Lipinski definition) is 5. The zero-order valence-corrected chi connectivity index (χ0v) is 17.3. The first-order chi connectivity index (χ1) is 14.5. The van der Waals surface area contributed by atoms with Crippen LogP contribution < -0.4 is 10.2 Å². The van der Waals surface area contributed by atoms with E-state index in [1.165, 1.54) is 0 Å². The number of nitrogens with one attached hydrogen (secondary N) is 1. The minimum absolute atomic E-state index is 0.00247. The van der Waals surface area contributed by atoms with E-state index in [0.29, 0.717) is 12.2 Å². The van der Waals surface area contributed by atoms with Crippen molar-refractivity contribution >= 4 is 29.2 Å². The van der Waals surface area contributed by atoms with Crippen LogP contribution in [0.15, 0.2) is 18.2 Å². The van der Waals surface area contributed by atoms with Gasteiger partial charge >= 0.3 is 5.97 Å². The SMILES string of the molecule is O=C(O)c1cc(N2CCN(CC(=O)N3CCCC3)CC2)ccc1NC(=O)C1CCC1. The quantitative estimate of drug-likeness (QED) is 0.738. The van der Waals surface area contributed by atoms with Gasteiger partial charge in [-0.2, -0.15) is 0 Å². The molecule has 2 heterocycles. The number of nitrogens with zero attached hydrogens (tertiary/aromatic N) is 3. The summed E-state index contributed by atoms with van der Waals surface area (Å²) >= 11 is 0. The lowest BCUT2D eigenvalue weighted by atomic mass is 9.85. The molecule has 1 aromatic rings. The van der Waals surface area contributed by atoms with Crippen molar-refractivity contribution in [2.45, 2.75) is 32.1 Å². The van der Waals surface area contributed by atoms with E-state index >= 15 is 0 Å². The first kappa shape index (κ1) is 20.7. The van der Waals surface area contributed by atoms with E-state index in [4.69, 9.17) is 0 Å². The van der Waals surface area contributed by atoms with Crippen LogP contribution in [0.2, 0.25) is 0 Å². The molecule has 1 saturated carbocycles. The van der Waals surface area contributed by atoms with E-state index in [2.05, 4.69) is 15.1 Å². The molecule has 0 bridgehead atoms. The Balaban J connectivity index is 1.35. The maximum atomic E-state index is 12.4. The molecule has 3 fully saturated rings. The van der Waals surface area contributed by atoms with Gasteiger partial charge in [-0.25, -0.2) is 4.79 Å². The largest absolute Gasteiger partial charge is 0.478 e. The van der Waals surface area contributed by atoms with Gasteiger partial charge < -0.3 is 20.2 Å². The van der Waals surface area contributed by atoms with Crippen LogP contribution in [-0.2, 0) is 9.59 Å². The summed E-state index contributed by atoms with van der Waals surface area (Å²) in [7, 11) is 0. The lowest BCUT2D eigenvalue weighted by Crippen LogP contribution is -2.49. The zero-order valence-electron chi connectivity index (χ0n) is 17.3. The summed E-state index contributed by atoms with van der Waals surface area (Å²) in [6, 6.07) is 5.20. The molecule has 0 radical (unpaired) electrons. The molecule has 2 N–H and O–H groups in total. The lowest BCUT2D eigenvalue weighted by Gasteiger charge is -2.36. The summed E-state index contributed by atoms with van der Waals surface area (Å²) in [5.41, 5.74) is 1.31. The summed E-state index contributed by atoms with van der Waals surface area (Å²) < 4.78 is 0. The van der Waals surface area contributed by atoms with Crippen LogP contribution >= 0.6 is 0 Å². The maximum Gasteiger partial charge on any atom is 0.337 e. The second-order valence-corrected chi connectivity index (χ2v) is 8.50. The highest BCUT2D eigenvalue weighted by atomic mass is 16.4. The number of likely N-dealkylation sites (tertiary alicyclic amines) is 1. The van der Waals surface area contributed by atoms with Crippen LogP contribution in [0.4, 0.5) is 11.4 Å². The van der Waals surface area contributed by atoms with Gasteiger partial charge in [0.2, 0.25) is 11.8 Å². The second kappa shape index (κ2) is 9.04. The van der Waals surface area contributed by atoms with Gasteiger partial charge in [0, 0.05) is 50.9 Å². The molecule has 8 nitrogen and oxygen atoms in total. The molecule has 0 aromatic heterocycles. The first-order valence-electron chi connectivity index (χ1n) is 10.9. The Morgan fingerprint density at radius 3 is 2.27 bits per heavy atom. The van der Waals surface area contributed by atoms with Gasteiger partial charge in [0.25, 0.3) is 0 Å². The van der Waals surface area contributed by atoms with Crippen molar-refractivity contribution in [3.63, 3.8) is 0 Å². The standard InChI is InChI=1S/C22H30N4O4/c27-20(26-8-1-2-9-26)15-24-10-12-25(13-11-24)17-6-7-19(18(14-17)22(29)30)23-21(28)16-4-3-5-16/h6-7,14,16H,1-5,8-13,15H2,(H,23,28)(H,29,30). The van der Waals surface area contributed by atoms with Gasteiger partial charge in [0.05, 0.1) is 17.8 Å². The van der Waals surface area contributed by atoms with Crippen LogP contribution in [0.25, 0.3) is 0 Å². The Morgan fingerprint density at radius 2 is 1.67 bits per heavy atom. The normalized spacial score (nSPS) is 20.1. The molecule has 1 aliphatic carbocycles. The monoisotopic (exact) mass is 414 g/mol. The van der Waals surface area contributed by atoms with E-state index in [9.17, 15) is 19.5 Å². The molecule has 8 heteroatoms. The highest BCUT2D eigenvalue weighted by molar-refractivity contribution is 6.02. The fourth-order valence-electron chi connectivity index (χ4n) is 4.34. The van der Waals surface area contributed by atoms with E-state index in [-0.39, 0.29) is 23.3 Å². The molecule has 3 aliphatic rings. The molecule has 2 amide bonds. The summed E-state index contributed by atoms with van der Waals surface area (Å²) in [5, 5.41) is 12.4.